The quantitative estimate of drug-likeness (QED) is 0.132. The smallest absolute Gasteiger partial charge is 0.262 e. The Morgan fingerprint density at radius 2 is 1.91 bits per heavy atom. The molecular weight excluding hydrogens is 711 g/mol. The average molecular weight is 770 g/mol. The molecule has 3 aliphatic heterocycles. The molecule has 1 spiro atoms. The van der Waals surface area contributed by atoms with Crippen LogP contribution in [0.3, 0.4) is 0 Å². The number of carbonyl (C=O) groups excluding carboxylic acids is 2. The number of hydrogen-bond acceptors (Lipinski definition) is 11. The van der Waals surface area contributed by atoms with Crippen molar-refractivity contribution in [2.45, 2.75) is 89.3 Å². The number of aryl methyl sites for hydroxylation is 1. The number of benzene rings is 2. The summed E-state index contributed by atoms with van der Waals surface area (Å²) < 4.78 is 18.1. The van der Waals surface area contributed by atoms with E-state index in [1.807, 2.05) is 18.3 Å². The molecule has 0 bridgehead atoms. The van der Waals surface area contributed by atoms with Gasteiger partial charge in [-0.2, -0.15) is 0 Å². The molecule has 0 unspecified atom stereocenters. The lowest BCUT2D eigenvalue weighted by atomic mass is 9.89. The normalized spacial score (nSPS) is 18.4. The molecule has 13 heteroatoms. The number of aromatic hydroxyl groups is 1. The van der Waals surface area contributed by atoms with Crippen LogP contribution in [0, 0.1) is 0 Å². The number of phenolic OH excluding ortho intramolecular Hbond substituents is 1. The second-order valence-electron chi connectivity index (χ2n) is 15.7. The first-order valence-corrected chi connectivity index (χ1v) is 20.7. The molecule has 2 saturated heterocycles. The van der Waals surface area contributed by atoms with Gasteiger partial charge in [0, 0.05) is 57.2 Å². The Hall–Kier alpha value is -4.30. The van der Waals surface area contributed by atoms with Crippen LogP contribution in [0.25, 0.3) is 0 Å². The van der Waals surface area contributed by atoms with Crippen molar-refractivity contribution in [3.63, 3.8) is 0 Å². The van der Waals surface area contributed by atoms with Gasteiger partial charge in [-0.05, 0) is 80.3 Å². The lowest BCUT2D eigenvalue weighted by Crippen LogP contribution is -2.57. The number of carbonyl (C=O) groups is 2. The summed E-state index contributed by atoms with van der Waals surface area (Å²) in [7, 11) is 0. The maximum atomic E-state index is 13.4. The van der Waals surface area contributed by atoms with Gasteiger partial charge < -0.3 is 39.8 Å². The van der Waals surface area contributed by atoms with E-state index in [9.17, 15) is 14.7 Å². The Labute approximate surface area is 331 Å². The van der Waals surface area contributed by atoms with Crippen molar-refractivity contribution in [1.29, 1.82) is 0 Å². The van der Waals surface area contributed by atoms with E-state index < -0.39 is 0 Å². The molecule has 4 aliphatic rings. The molecule has 3 aromatic rings. The summed E-state index contributed by atoms with van der Waals surface area (Å²) in [5.74, 6) is 1.24. The maximum absolute atomic E-state index is 13.4. The lowest BCUT2D eigenvalue weighted by molar-refractivity contribution is -0.134. The molecule has 2 aromatic carbocycles. The molecule has 1 aliphatic carbocycles. The summed E-state index contributed by atoms with van der Waals surface area (Å²) in [6, 6.07) is 14.5. The monoisotopic (exact) mass is 769 g/mol. The number of amides is 2. The number of anilines is 2. The molecule has 1 aromatic heterocycles. The maximum Gasteiger partial charge on any atom is 0.262 e. The fraction of sp³-hybridized carbons (Fsp3) is 0.581. The molecule has 4 heterocycles. The van der Waals surface area contributed by atoms with Crippen molar-refractivity contribution in [2.75, 3.05) is 82.5 Å². The highest BCUT2D eigenvalue weighted by Crippen LogP contribution is 2.39. The number of piperidine rings is 1. The minimum absolute atomic E-state index is 0.000201. The van der Waals surface area contributed by atoms with Crippen molar-refractivity contribution >= 4 is 23.5 Å². The average Bonchev–Trinajstić information content (AvgIpc) is 3.76. The highest BCUT2D eigenvalue weighted by molar-refractivity contribution is 5.97. The molecule has 3 N–H and O–H groups in total. The molecule has 1 saturated carbocycles. The molecule has 3 fully saturated rings. The van der Waals surface area contributed by atoms with E-state index in [0.29, 0.717) is 69.8 Å². The van der Waals surface area contributed by atoms with E-state index in [1.165, 1.54) is 11.1 Å². The van der Waals surface area contributed by atoms with Gasteiger partial charge in [0.1, 0.15) is 11.4 Å². The number of nitrogens with one attached hydrogen (secondary N) is 2. The number of morpholine rings is 1. The topological polar surface area (TPSA) is 142 Å². The standard InChI is InChI=1S/C43H59N7O6/c1-2-35-13-19-45-42(46-35)49-24-27-56-43(31-49)16-21-48(22-17-43)29-33-7-5-6-32(28-33)14-25-54-26-15-39(53)50(36-8-3-4-9-36)23-20-44-18-12-34-10-11-37(51)40-41(34)55-30-38(52)47-40/h5-7,10-11,13,19,28,36,44,51H,2-4,8-9,12,14-18,20-27,29-31H2,1H3,(H,47,52). The SMILES string of the molecule is CCc1ccnc(N2CCOC3(CCN(Cc4cccc(CCOCCC(=O)N(CCNCCc5ccc(O)c6c5OCC(=O)N6)C5CCCC5)c4)CC3)C2)n1. The minimum Gasteiger partial charge on any atom is -0.506 e. The fourth-order valence-corrected chi connectivity index (χ4v) is 8.59. The lowest BCUT2D eigenvalue weighted by Gasteiger charge is -2.47. The summed E-state index contributed by atoms with van der Waals surface area (Å²) in [6.45, 7) is 10.4. The first-order valence-electron chi connectivity index (χ1n) is 20.7. The zero-order valence-corrected chi connectivity index (χ0v) is 33.0. The summed E-state index contributed by atoms with van der Waals surface area (Å²) in [5.41, 5.74) is 4.76. The van der Waals surface area contributed by atoms with Gasteiger partial charge in [0.2, 0.25) is 11.9 Å². The number of nitrogens with zero attached hydrogens (tertiary/aromatic N) is 5. The first-order chi connectivity index (χ1) is 27.4. The number of rotatable bonds is 17. The molecule has 56 heavy (non-hydrogen) atoms. The van der Waals surface area contributed by atoms with Crippen molar-refractivity contribution < 1.29 is 28.9 Å². The van der Waals surface area contributed by atoms with Gasteiger partial charge in [-0.25, -0.2) is 9.97 Å². The Kier molecular flexibility index (Phi) is 13.7. The van der Waals surface area contributed by atoms with E-state index in [0.717, 1.165) is 101 Å². The number of hydrogen-bond donors (Lipinski definition) is 3. The number of fused-ring (bicyclic) bond motifs is 1. The number of ether oxygens (including phenoxy) is 3. The number of phenols is 1. The van der Waals surface area contributed by atoms with Crippen LogP contribution in [-0.4, -0.2) is 121 Å². The van der Waals surface area contributed by atoms with Gasteiger partial charge in [0.25, 0.3) is 5.91 Å². The van der Waals surface area contributed by atoms with Gasteiger partial charge in [-0.3, -0.25) is 14.5 Å². The third kappa shape index (κ3) is 10.4. The van der Waals surface area contributed by atoms with E-state index >= 15 is 0 Å². The van der Waals surface area contributed by atoms with E-state index in [1.54, 1.807) is 6.07 Å². The van der Waals surface area contributed by atoms with Crippen LogP contribution >= 0.6 is 0 Å². The van der Waals surface area contributed by atoms with Crippen LogP contribution in [0.5, 0.6) is 11.5 Å². The van der Waals surface area contributed by atoms with Crippen molar-refractivity contribution in [3.05, 3.63) is 71.0 Å². The van der Waals surface area contributed by atoms with Crippen LogP contribution in [0.1, 0.15) is 74.3 Å². The minimum atomic E-state index is -0.276. The molecule has 2 amide bonds. The molecule has 13 nitrogen and oxygen atoms in total. The molecular formula is C43H59N7O6. The van der Waals surface area contributed by atoms with Gasteiger partial charge >= 0.3 is 0 Å². The number of likely N-dealkylation sites (tertiary alicyclic amines) is 1. The Morgan fingerprint density at radius 3 is 2.75 bits per heavy atom. The van der Waals surface area contributed by atoms with Crippen molar-refractivity contribution in [2.24, 2.45) is 0 Å². The van der Waals surface area contributed by atoms with Crippen LogP contribution in [0.15, 0.2) is 48.7 Å². The highest BCUT2D eigenvalue weighted by atomic mass is 16.5. The second-order valence-corrected chi connectivity index (χ2v) is 15.7. The van der Waals surface area contributed by atoms with Crippen molar-refractivity contribution in [1.82, 2.24) is 25.1 Å². The summed E-state index contributed by atoms with van der Waals surface area (Å²) in [4.78, 5) is 41.4. The second kappa shape index (κ2) is 19.2. The Morgan fingerprint density at radius 1 is 1.07 bits per heavy atom. The van der Waals surface area contributed by atoms with Crippen molar-refractivity contribution in [3.8, 4) is 11.5 Å². The van der Waals surface area contributed by atoms with Crippen LogP contribution in [-0.2, 0) is 44.9 Å². The number of aromatic nitrogens is 2. The largest absolute Gasteiger partial charge is 0.506 e. The Balaban J connectivity index is 0.804. The third-order valence-electron chi connectivity index (χ3n) is 11.8. The summed E-state index contributed by atoms with van der Waals surface area (Å²) in [5, 5.41) is 16.3. The summed E-state index contributed by atoms with van der Waals surface area (Å²) >= 11 is 0. The van der Waals surface area contributed by atoms with Gasteiger partial charge in [0.05, 0.1) is 38.4 Å². The van der Waals surface area contributed by atoms with Crippen LogP contribution in [0.2, 0.25) is 0 Å². The highest BCUT2D eigenvalue weighted by Gasteiger charge is 2.40. The van der Waals surface area contributed by atoms with E-state index in [-0.39, 0.29) is 29.8 Å². The molecule has 0 radical (unpaired) electrons. The molecule has 302 valence electrons. The van der Waals surface area contributed by atoms with Crippen LogP contribution in [0.4, 0.5) is 11.6 Å². The van der Waals surface area contributed by atoms with Gasteiger partial charge in [-0.15, -0.1) is 0 Å². The fourth-order valence-electron chi connectivity index (χ4n) is 8.59. The molecule has 0 atom stereocenters. The predicted molar refractivity (Wildman–Crippen MR) is 215 cm³/mol. The van der Waals surface area contributed by atoms with E-state index in [2.05, 4.69) is 61.5 Å². The summed E-state index contributed by atoms with van der Waals surface area (Å²) in [6.07, 6.45) is 11.1. The zero-order chi connectivity index (χ0) is 38.7. The van der Waals surface area contributed by atoms with Crippen LogP contribution < -0.4 is 20.3 Å². The van der Waals surface area contributed by atoms with E-state index in [4.69, 9.17) is 19.2 Å². The third-order valence-corrected chi connectivity index (χ3v) is 11.8. The zero-order valence-electron chi connectivity index (χ0n) is 33.0. The van der Waals surface area contributed by atoms with Gasteiger partial charge in [0.15, 0.2) is 12.4 Å². The first kappa shape index (κ1) is 39.9. The van der Waals surface area contributed by atoms with Gasteiger partial charge in [-0.1, -0.05) is 50.1 Å². The predicted octanol–water partition coefficient (Wildman–Crippen LogP) is 4.50. The Bertz CT molecular complexity index is 1780. The molecule has 7 rings (SSSR count).